The lowest BCUT2D eigenvalue weighted by Crippen LogP contribution is -2.28. The van der Waals surface area contributed by atoms with Gasteiger partial charge in [0, 0.05) is 36.3 Å². The minimum atomic E-state index is 0.0287. The van der Waals surface area contributed by atoms with Crippen molar-refractivity contribution < 1.29 is 4.79 Å². The van der Waals surface area contributed by atoms with E-state index in [2.05, 4.69) is 46.4 Å². The lowest BCUT2D eigenvalue weighted by atomic mass is 10.0. The van der Waals surface area contributed by atoms with Crippen LogP contribution in [0.5, 0.6) is 0 Å². The highest BCUT2D eigenvalue weighted by atomic mass is 79.9. The molecule has 3 aromatic rings. The van der Waals surface area contributed by atoms with Gasteiger partial charge in [-0.25, -0.2) is 0 Å². The van der Waals surface area contributed by atoms with Crippen molar-refractivity contribution in [2.75, 3.05) is 0 Å². The zero-order valence-corrected chi connectivity index (χ0v) is 20.9. The van der Waals surface area contributed by atoms with Gasteiger partial charge in [-0.05, 0) is 42.3 Å². The van der Waals surface area contributed by atoms with Crippen LogP contribution in [0.4, 0.5) is 0 Å². The fourth-order valence-corrected chi connectivity index (χ4v) is 5.22. The van der Waals surface area contributed by atoms with E-state index in [1.807, 2.05) is 31.2 Å². The average molecular weight is 525 g/mol. The van der Waals surface area contributed by atoms with Gasteiger partial charge in [-0.1, -0.05) is 84.0 Å². The third-order valence-corrected chi connectivity index (χ3v) is 7.23. The molecule has 0 saturated heterocycles. The van der Waals surface area contributed by atoms with Crippen LogP contribution >= 0.6 is 50.5 Å². The van der Waals surface area contributed by atoms with E-state index in [-0.39, 0.29) is 11.8 Å². The van der Waals surface area contributed by atoms with E-state index in [9.17, 15) is 4.79 Å². The largest absolute Gasteiger partial charge is 0.351 e. The molecule has 2 nitrogen and oxygen atoms in total. The second-order valence-electron chi connectivity index (χ2n) is 7.35. The number of benzene rings is 2. The molecule has 0 fully saturated rings. The average Bonchev–Trinajstić information content (AvgIpc) is 3.14. The van der Waals surface area contributed by atoms with Crippen LogP contribution < -0.4 is 5.32 Å². The fraction of sp³-hybridized carbons (Fsp3) is 0.292. The molecule has 1 aromatic heterocycles. The minimum absolute atomic E-state index is 0.0287. The summed E-state index contributed by atoms with van der Waals surface area (Å²) in [7, 11) is 0. The lowest BCUT2D eigenvalue weighted by Gasteiger charge is -2.10. The number of thiophene rings is 1. The molecule has 1 atom stereocenters. The highest BCUT2D eigenvalue weighted by Crippen LogP contribution is 2.43. The summed E-state index contributed by atoms with van der Waals surface area (Å²) >= 11 is 17.8. The Labute approximate surface area is 200 Å². The summed E-state index contributed by atoms with van der Waals surface area (Å²) in [6, 6.07) is 15.9. The Bertz CT molecular complexity index is 1020. The molecular weight excluding hydrogens is 501 g/mol. The van der Waals surface area contributed by atoms with Gasteiger partial charge >= 0.3 is 0 Å². The molecule has 0 saturated carbocycles. The molecule has 1 unspecified atom stereocenters. The van der Waals surface area contributed by atoms with Gasteiger partial charge in [0.25, 0.3) is 0 Å². The van der Waals surface area contributed by atoms with Gasteiger partial charge in [0.1, 0.15) is 0 Å². The normalized spacial score (nSPS) is 12.0. The van der Waals surface area contributed by atoms with Gasteiger partial charge in [-0.2, -0.15) is 0 Å². The van der Waals surface area contributed by atoms with Crippen molar-refractivity contribution in [3.8, 4) is 21.6 Å². The first-order valence-corrected chi connectivity index (χ1v) is 12.4. The third-order valence-electron chi connectivity index (χ3n) is 4.99. The number of carbonyl (C=O) groups excluding carboxylic acids is 1. The molecule has 0 aliphatic heterocycles. The number of rotatable bonds is 8. The Morgan fingerprint density at radius 2 is 1.83 bits per heavy atom. The smallest absolute Gasteiger partial charge is 0.223 e. The summed E-state index contributed by atoms with van der Waals surface area (Å²) in [4.78, 5) is 14.6. The second-order valence-corrected chi connectivity index (χ2v) is 10.2. The van der Waals surface area contributed by atoms with Crippen LogP contribution in [0, 0.1) is 5.92 Å². The maximum Gasteiger partial charge on any atom is 0.223 e. The molecule has 0 aliphatic rings. The molecular formula is C24H24BrCl2NOS. The van der Waals surface area contributed by atoms with E-state index in [0.717, 1.165) is 50.2 Å². The number of hydrogen-bond acceptors (Lipinski definition) is 2. The Hall–Kier alpha value is -1.33. The minimum Gasteiger partial charge on any atom is -0.351 e. The third kappa shape index (κ3) is 5.88. The Kier molecular flexibility index (Phi) is 8.41. The summed E-state index contributed by atoms with van der Waals surface area (Å²) in [6.07, 6.45) is 3.09. The first kappa shape index (κ1) is 23.3. The van der Waals surface area contributed by atoms with Gasteiger partial charge < -0.3 is 5.32 Å². The maximum absolute atomic E-state index is 12.4. The van der Waals surface area contributed by atoms with Crippen LogP contribution in [0.3, 0.4) is 0 Å². The summed E-state index contributed by atoms with van der Waals surface area (Å²) in [5.41, 5.74) is 3.14. The van der Waals surface area contributed by atoms with Gasteiger partial charge in [0.2, 0.25) is 5.91 Å². The van der Waals surface area contributed by atoms with E-state index in [4.69, 9.17) is 23.2 Å². The number of hydrogen-bond donors (Lipinski definition) is 1. The zero-order chi connectivity index (χ0) is 21.7. The molecule has 3 rings (SSSR count). The van der Waals surface area contributed by atoms with Crippen molar-refractivity contribution in [3.05, 3.63) is 67.9 Å². The van der Waals surface area contributed by atoms with Crippen molar-refractivity contribution in [1.82, 2.24) is 5.32 Å². The van der Waals surface area contributed by atoms with Crippen molar-refractivity contribution in [1.29, 1.82) is 0 Å². The van der Waals surface area contributed by atoms with Crippen molar-refractivity contribution >= 4 is 56.4 Å². The number of unbranched alkanes of at least 4 members (excludes halogenated alkanes) is 1. The molecule has 1 heterocycles. The summed E-state index contributed by atoms with van der Waals surface area (Å²) in [5.74, 6) is 0.133. The van der Waals surface area contributed by atoms with Crippen LogP contribution in [-0.2, 0) is 11.3 Å². The molecule has 0 aliphatic carbocycles. The van der Waals surface area contributed by atoms with Crippen LogP contribution in [0.15, 0.2) is 53.0 Å². The highest BCUT2D eigenvalue weighted by molar-refractivity contribution is 9.10. The zero-order valence-electron chi connectivity index (χ0n) is 17.0. The molecule has 0 bridgehead atoms. The monoisotopic (exact) mass is 523 g/mol. The van der Waals surface area contributed by atoms with Crippen molar-refractivity contribution in [2.45, 2.75) is 39.7 Å². The first-order chi connectivity index (χ1) is 14.4. The summed E-state index contributed by atoms with van der Waals surface area (Å²) < 4.78 is 1.03. The summed E-state index contributed by atoms with van der Waals surface area (Å²) in [6.45, 7) is 4.64. The number of halogens is 3. The van der Waals surface area contributed by atoms with E-state index < -0.39 is 0 Å². The van der Waals surface area contributed by atoms with E-state index in [0.29, 0.717) is 16.6 Å². The van der Waals surface area contributed by atoms with Gasteiger partial charge in [-0.3, -0.25) is 4.79 Å². The lowest BCUT2D eigenvalue weighted by molar-refractivity contribution is -0.124. The van der Waals surface area contributed by atoms with Crippen LogP contribution in [0.2, 0.25) is 10.0 Å². The fourth-order valence-electron chi connectivity index (χ4n) is 3.24. The predicted octanol–water partition coefficient (Wildman–Crippen LogP) is 8.59. The molecule has 158 valence electrons. The highest BCUT2D eigenvalue weighted by Gasteiger charge is 2.17. The van der Waals surface area contributed by atoms with Crippen molar-refractivity contribution in [3.63, 3.8) is 0 Å². The summed E-state index contributed by atoms with van der Waals surface area (Å²) in [5, 5.41) is 4.32. The molecule has 2 aromatic carbocycles. The number of amides is 1. The van der Waals surface area contributed by atoms with Gasteiger partial charge in [-0.15, -0.1) is 11.3 Å². The second kappa shape index (κ2) is 10.8. The molecule has 1 amide bonds. The Balaban J connectivity index is 1.90. The standard InChI is InChI=1S/C24H24BrCl2NOS/c1-3-4-5-15(2)24(29)28-14-19-13-21(16-6-8-17(25)9-7-16)23(30-19)20-11-10-18(26)12-22(20)27/h6-13,15H,3-5,14H2,1-2H3,(H,28,29). The predicted molar refractivity (Wildman–Crippen MR) is 133 cm³/mol. The number of carbonyl (C=O) groups is 1. The quantitative estimate of drug-likeness (QED) is 0.314. The van der Waals surface area contributed by atoms with Crippen LogP contribution in [-0.4, -0.2) is 5.91 Å². The molecule has 6 heteroatoms. The molecule has 0 radical (unpaired) electrons. The van der Waals surface area contributed by atoms with Crippen LogP contribution in [0.25, 0.3) is 21.6 Å². The van der Waals surface area contributed by atoms with Gasteiger partial charge in [0.15, 0.2) is 0 Å². The Morgan fingerprint density at radius 1 is 1.10 bits per heavy atom. The first-order valence-electron chi connectivity index (χ1n) is 10.0. The van der Waals surface area contributed by atoms with Gasteiger partial charge in [0.05, 0.1) is 11.6 Å². The van der Waals surface area contributed by atoms with E-state index in [1.165, 1.54) is 0 Å². The maximum atomic E-state index is 12.4. The molecule has 0 spiro atoms. The van der Waals surface area contributed by atoms with Crippen LogP contribution in [0.1, 0.15) is 38.0 Å². The van der Waals surface area contributed by atoms with E-state index in [1.54, 1.807) is 17.4 Å². The number of nitrogens with one attached hydrogen (secondary N) is 1. The Morgan fingerprint density at radius 3 is 2.50 bits per heavy atom. The van der Waals surface area contributed by atoms with E-state index >= 15 is 0 Å². The van der Waals surface area contributed by atoms with Crippen molar-refractivity contribution in [2.24, 2.45) is 5.92 Å². The SMILES string of the molecule is CCCCC(C)C(=O)NCc1cc(-c2ccc(Br)cc2)c(-c2ccc(Cl)cc2Cl)s1. The topological polar surface area (TPSA) is 29.1 Å². The molecule has 30 heavy (non-hydrogen) atoms. The molecule has 1 N–H and O–H groups in total.